The summed E-state index contributed by atoms with van der Waals surface area (Å²) in [5.41, 5.74) is -0.676. The van der Waals surface area contributed by atoms with Gasteiger partial charge in [-0.3, -0.25) is 4.79 Å². The van der Waals surface area contributed by atoms with Crippen molar-refractivity contribution in [3.63, 3.8) is 0 Å². The molecule has 0 fully saturated rings. The maximum atomic E-state index is 12.3. The van der Waals surface area contributed by atoms with Crippen LogP contribution in [0.5, 0.6) is 0 Å². The Morgan fingerprint density at radius 1 is 1.40 bits per heavy atom. The Morgan fingerprint density at radius 3 is 2.47 bits per heavy atom. The summed E-state index contributed by atoms with van der Waals surface area (Å²) in [6.07, 6.45) is -4.44. The molecule has 0 radical (unpaired) electrons. The second kappa shape index (κ2) is 3.92. The van der Waals surface area contributed by atoms with Gasteiger partial charge in [-0.1, -0.05) is 18.2 Å². The van der Waals surface area contributed by atoms with Crippen molar-refractivity contribution in [3.05, 3.63) is 35.4 Å². The fraction of sp³-hybridized carbons (Fsp3) is 0.300. The summed E-state index contributed by atoms with van der Waals surface area (Å²) in [7, 11) is 0. The number of benzene rings is 1. The van der Waals surface area contributed by atoms with Crippen molar-refractivity contribution in [1.29, 1.82) is 0 Å². The highest BCUT2D eigenvalue weighted by Crippen LogP contribution is 2.31. The first-order chi connectivity index (χ1) is 6.82. The van der Waals surface area contributed by atoms with Gasteiger partial charge in [0.1, 0.15) is 0 Å². The van der Waals surface area contributed by atoms with Gasteiger partial charge >= 0.3 is 12.1 Å². The van der Waals surface area contributed by atoms with E-state index in [4.69, 9.17) is 5.11 Å². The SMILES string of the molecule is C[C@H](C(=O)O)c1cccc(C(F)(F)F)c1. The quantitative estimate of drug-likeness (QED) is 0.828. The maximum absolute atomic E-state index is 12.3. The molecule has 0 saturated heterocycles. The van der Waals surface area contributed by atoms with Gasteiger partial charge in [0.05, 0.1) is 11.5 Å². The first-order valence-electron chi connectivity index (χ1n) is 4.22. The number of hydrogen-bond acceptors (Lipinski definition) is 1. The Balaban J connectivity index is 3.08. The van der Waals surface area contributed by atoms with Crippen LogP contribution in [0.2, 0.25) is 0 Å². The second-order valence-electron chi connectivity index (χ2n) is 3.18. The molecule has 0 unspecified atom stereocenters. The molecule has 1 aromatic carbocycles. The van der Waals surface area contributed by atoms with E-state index in [9.17, 15) is 18.0 Å². The van der Waals surface area contributed by atoms with Crippen LogP contribution in [0.4, 0.5) is 13.2 Å². The molecule has 0 amide bonds. The van der Waals surface area contributed by atoms with Crippen LogP contribution in [0.3, 0.4) is 0 Å². The number of rotatable bonds is 2. The van der Waals surface area contributed by atoms with E-state index in [0.717, 1.165) is 12.1 Å². The molecular formula is C10H9F3O2. The molecule has 5 heteroatoms. The smallest absolute Gasteiger partial charge is 0.416 e. The van der Waals surface area contributed by atoms with E-state index < -0.39 is 23.6 Å². The van der Waals surface area contributed by atoms with Gasteiger partial charge in [0.2, 0.25) is 0 Å². The summed E-state index contributed by atoms with van der Waals surface area (Å²) in [5, 5.41) is 8.65. The summed E-state index contributed by atoms with van der Waals surface area (Å²) in [4.78, 5) is 10.6. The van der Waals surface area contributed by atoms with Gasteiger partial charge in [-0.25, -0.2) is 0 Å². The number of carboxylic acids is 1. The molecule has 0 aromatic heterocycles. The average molecular weight is 218 g/mol. The fourth-order valence-corrected chi connectivity index (χ4v) is 1.13. The summed E-state index contributed by atoms with van der Waals surface area (Å²) in [6.45, 7) is 1.35. The highest BCUT2D eigenvalue weighted by molar-refractivity contribution is 5.75. The monoisotopic (exact) mass is 218 g/mol. The molecular weight excluding hydrogens is 209 g/mol. The topological polar surface area (TPSA) is 37.3 Å². The molecule has 1 rings (SSSR count). The van der Waals surface area contributed by atoms with Crippen LogP contribution in [-0.4, -0.2) is 11.1 Å². The van der Waals surface area contributed by atoms with Crippen molar-refractivity contribution in [2.45, 2.75) is 19.0 Å². The Morgan fingerprint density at radius 2 is 2.00 bits per heavy atom. The molecule has 0 bridgehead atoms. The number of aliphatic carboxylic acids is 1. The van der Waals surface area contributed by atoms with E-state index in [1.54, 1.807) is 0 Å². The van der Waals surface area contributed by atoms with E-state index >= 15 is 0 Å². The lowest BCUT2D eigenvalue weighted by Gasteiger charge is -2.10. The van der Waals surface area contributed by atoms with Crippen LogP contribution >= 0.6 is 0 Å². The van der Waals surface area contributed by atoms with Gasteiger partial charge in [0, 0.05) is 0 Å². The van der Waals surface area contributed by atoms with E-state index in [2.05, 4.69) is 0 Å². The first kappa shape index (κ1) is 11.6. The van der Waals surface area contributed by atoms with Gasteiger partial charge < -0.3 is 5.11 Å². The van der Waals surface area contributed by atoms with E-state index in [0.29, 0.717) is 0 Å². The zero-order chi connectivity index (χ0) is 11.6. The van der Waals surface area contributed by atoms with E-state index in [-0.39, 0.29) is 5.56 Å². The lowest BCUT2D eigenvalue weighted by molar-refractivity contribution is -0.139. The van der Waals surface area contributed by atoms with Crippen molar-refractivity contribution in [3.8, 4) is 0 Å². The van der Waals surface area contributed by atoms with Crippen molar-refractivity contribution in [2.24, 2.45) is 0 Å². The van der Waals surface area contributed by atoms with Crippen LogP contribution in [-0.2, 0) is 11.0 Å². The molecule has 2 nitrogen and oxygen atoms in total. The fourth-order valence-electron chi connectivity index (χ4n) is 1.13. The standard InChI is InChI=1S/C10H9F3O2/c1-6(9(14)15)7-3-2-4-8(5-7)10(11,12)13/h2-6H,1H3,(H,14,15)/t6-/m0/s1. The van der Waals surface area contributed by atoms with Crippen LogP contribution in [0.25, 0.3) is 0 Å². The number of carboxylic acid groups (broad SMARTS) is 1. The average Bonchev–Trinajstić information content (AvgIpc) is 2.15. The summed E-state index contributed by atoms with van der Waals surface area (Å²) in [5.74, 6) is -2.08. The third-order valence-electron chi connectivity index (χ3n) is 2.08. The molecule has 1 N–H and O–H groups in total. The van der Waals surface area contributed by atoms with Crippen LogP contribution < -0.4 is 0 Å². The number of alkyl halides is 3. The van der Waals surface area contributed by atoms with Gasteiger partial charge in [-0.05, 0) is 18.6 Å². The minimum absolute atomic E-state index is 0.150. The number of hydrogen-bond donors (Lipinski definition) is 1. The Bertz CT molecular complexity index is 371. The van der Waals surface area contributed by atoms with Crippen molar-refractivity contribution in [2.75, 3.05) is 0 Å². The van der Waals surface area contributed by atoms with Crippen molar-refractivity contribution >= 4 is 5.97 Å². The molecule has 0 saturated carbocycles. The largest absolute Gasteiger partial charge is 0.481 e. The molecule has 0 heterocycles. The minimum atomic E-state index is -4.44. The predicted octanol–water partition coefficient (Wildman–Crippen LogP) is 2.89. The number of carbonyl (C=O) groups is 1. The third-order valence-corrected chi connectivity index (χ3v) is 2.08. The molecule has 1 aromatic rings. The van der Waals surface area contributed by atoms with Gasteiger partial charge in [-0.2, -0.15) is 13.2 Å². The molecule has 1 atom stereocenters. The van der Waals surface area contributed by atoms with Crippen LogP contribution in [0, 0.1) is 0 Å². The molecule has 82 valence electrons. The molecule has 15 heavy (non-hydrogen) atoms. The lowest BCUT2D eigenvalue weighted by Crippen LogP contribution is -2.10. The van der Waals surface area contributed by atoms with Crippen LogP contribution in [0.1, 0.15) is 24.0 Å². The third kappa shape index (κ3) is 2.71. The highest BCUT2D eigenvalue weighted by atomic mass is 19.4. The highest BCUT2D eigenvalue weighted by Gasteiger charge is 2.31. The van der Waals surface area contributed by atoms with Crippen molar-refractivity contribution in [1.82, 2.24) is 0 Å². The zero-order valence-corrected chi connectivity index (χ0v) is 7.88. The van der Waals surface area contributed by atoms with Crippen LogP contribution in [0.15, 0.2) is 24.3 Å². The predicted molar refractivity (Wildman–Crippen MR) is 47.5 cm³/mol. The molecule has 0 spiro atoms. The zero-order valence-electron chi connectivity index (χ0n) is 7.88. The Hall–Kier alpha value is -1.52. The first-order valence-corrected chi connectivity index (χ1v) is 4.22. The van der Waals surface area contributed by atoms with Gasteiger partial charge in [0.25, 0.3) is 0 Å². The normalized spacial score (nSPS) is 13.6. The number of halogens is 3. The van der Waals surface area contributed by atoms with E-state index in [1.165, 1.54) is 19.1 Å². The summed E-state index contributed by atoms with van der Waals surface area (Å²) >= 11 is 0. The van der Waals surface area contributed by atoms with Gasteiger partial charge in [-0.15, -0.1) is 0 Å². The van der Waals surface area contributed by atoms with Gasteiger partial charge in [0.15, 0.2) is 0 Å². The van der Waals surface area contributed by atoms with Crippen molar-refractivity contribution < 1.29 is 23.1 Å². The summed E-state index contributed by atoms with van der Waals surface area (Å²) < 4.78 is 36.9. The lowest BCUT2D eigenvalue weighted by atomic mass is 9.99. The molecule has 0 aliphatic carbocycles. The second-order valence-corrected chi connectivity index (χ2v) is 3.18. The molecule has 0 aliphatic heterocycles. The maximum Gasteiger partial charge on any atom is 0.416 e. The Kier molecular flexibility index (Phi) is 3.02. The minimum Gasteiger partial charge on any atom is -0.481 e. The summed E-state index contributed by atoms with van der Waals surface area (Å²) in [6, 6.07) is 4.35. The molecule has 0 aliphatic rings. The van der Waals surface area contributed by atoms with E-state index in [1.807, 2.05) is 0 Å². The Labute approximate surface area is 84.3 Å².